The Kier molecular flexibility index (Phi) is 7.24. The number of carbonyl (C=O) groups excluding carboxylic acids is 1. The van der Waals surface area contributed by atoms with Gasteiger partial charge >= 0.3 is 0 Å². The van der Waals surface area contributed by atoms with Gasteiger partial charge in [-0.3, -0.25) is 4.79 Å². The lowest BCUT2D eigenvalue weighted by molar-refractivity contribution is -0.126. The van der Waals surface area contributed by atoms with E-state index in [-0.39, 0.29) is 17.9 Å². The summed E-state index contributed by atoms with van der Waals surface area (Å²) in [6, 6.07) is 6.45. The monoisotopic (exact) mass is 495 g/mol. The first-order valence-electron chi connectivity index (χ1n) is 12.2. The van der Waals surface area contributed by atoms with Crippen molar-refractivity contribution < 1.29 is 9.53 Å². The largest absolute Gasteiger partial charge is 0.377 e. The summed E-state index contributed by atoms with van der Waals surface area (Å²) in [4.78, 5) is 29.9. The lowest BCUT2D eigenvalue weighted by Gasteiger charge is -2.29. The number of hydrogen-bond donors (Lipinski definition) is 3. The summed E-state index contributed by atoms with van der Waals surface area (Å²) in [6.07, 6.45) is 9.53. The second-order valence-electron chi connectivity index (χ2n) is 9.42. The fourth-order valence-electron chi connectivity index (χ4n) is 4.50. The lowest BCUT2D eigenvalue weighted by Crippen LogP contribution is -2.49. The summed E-state index contributed by atoms with van der Waals surface area (Å²) in [5.74, 6) is 1.68. The van der Waals surface area contributed by atoms with Crippen molar-refractivity contribution in [3.8, 4) is 0 Å². The Balaban J connectivity index is 1.06. The molecule has 10 heteroatoms. The van der Waals surface area contributed by atoms with E-state index in [0.29, 0.717) is 36.3 Å². The second kappa shape index (κ2) is 10.7. The summed E-state index contributed by atoms with van der Waals surface area (Å²) >= 11 is 6.20. The molecule has 5 rings (SSSR count). The molecular weight excluding hydrogens is 466 g/mol. The highest BCUT2D eigenvalue weighted by Crippen LogP contribution is 2.28. The molecule has 9 nitrogen and oxygen atoms in total. The predicted octanol–water partition coefficient (Wildman–Crippen LogP) is 3.77. The molecule has 2 fully saturated rings. The molecule has 1 amide bonds. The van der Waals surface area contributed by atoms with Gasteiger partial charge in [-0.25, -0.2) is 19.9 Å². The molecule has 184 valence electrons. The summed E-state index contributed by atoms with van der Waals surface area (Å²) in [5, 5.41) is 11.3. The molecule has 1 atom stereocenters. The minimum Gasteiger partial charge on any atom is -0.377 e. The van der Waals surface area contributed by atoms with E-state index in [1.54, 1.807) is 18.6 Å². The molecule has 1 aliphatic carbocycles. The van der Waals surface area contributed by atoms with Gasteiger partial charge in [-0.2, -0.15) is 0 Å². The van der Waals surface area contributed by atoms with Crippen LogP contribution >= 0.6 is 11.6 Å². The van der Waals surface area contributed by atoms with Gasteiger partial charge in [0.25, 0.3) is 0 Å². The highest BCUT2D eigenvalue weighted by Gasteiger charge is 2.25. The van der Waals surface area contributed by atoms with Gasteiger partial charge in [-0.15, -0.1) is 0 Å². The third kappa shape index (κ3) is 5.79. The van der Waals surface area contributed by atoms with Crippen LogP contribution in [0.4, 0.5) is 11.8 Å². The number of pyridine rings is 2. The Bertz CT molecular complexity index is 1160. The van der Waals surface area contributed by atoms with Gasteiger partial charge in [-0.05, 0) is 56.7 Å². The van der Waals surface area contributed by atoms with E-state index in [1.165, 1.54) is 0 Å². The zero-order valence-corrected chi connectivity index (χ0v) is 20.5. The molecule has 0 aromatic carbocycles. The number of rotatable bonds is 8. The van der Waals surface area contributed by atoms with Gasteiger partial charge in [0.2, 0.25) is 11.9 Å². The molecule has 4 heterocycles. The number of fused-ring (bicyclic) bond motifs is 1. The third-order valence-corrected chi connectivity index (χ3v) is 7.14. The van der Waals surface area contributed by atoms with Crippen LogP contribution in [0.1, 0.15) is 44.1 Å². The maximum atomic E-state index is 12.3. The van der Waals surface area contributed by atoms with Crippen LogP contribution in [0.15, 0.2) is 36.8 Å². The molecule has 1 unspecified atom stereocenters. The van der Waals surface area contributed by atoms with E-state index < -0.39 is 0 Å². The third-order valence-electron chi connectivity index (χ3n) is 6.86. The van der Waals surface area contributed by atoms with Gasteiger partial charge in [0.05, 0.1) is 25.2 Å². The molecule has 3 aromatic rings. The van der Waals surface area contributed by atoms with Crippen LogP contribution in [0.25, 0.3) is 10.9 Å². The lowest BCUT2D eigenvalue weighted by atomic mass is 9.86. The van der Waals surface area contributed by atoms with Crippen LogP contribution in [0.3, 0.4) is 0 Å². The summed E-state index contributed by atoms with van der Waals surface area (Å²) in [5.41, 5.74) is 1.53. The number of nitrogens with one attached hydrogen (secondary N) is 3. The predicted molar refractivity (Wildman–Crippen MR) is 136 cm³/mol. The number of carbonyl (C=O) groups is 1. The zero-order chi connectivity index (χ0) is 24.2. The van der Waals surface area contributed by atoms with Crippen LogP contribution in [-0.2, 0) is 9.53 Å². The maximum absolute atomic E-state index is 12.3. The maximum Gasteiger partial charge on any atom is 0.227 e. The van der Waals surface area contributed by atoms with Crippen molar-refractivity contribution >= 4 is 40.2 Å². The normalized spacial score (nSPS) is 21.2. The standard InChI is InChI=1S/C25H30ClN7O2/c1-15(24(34)32-20-13-35-14-20)18-11-29-25(30-12-18)28-10-16-2-5-19(6-3-16)31-21-7-4-17-8-9-27-23(26)22(17)33-21/h4,7-9,11-12,15-16,19-20H,2-3,5-6,10,13-14H2,1H3,(H,31,33)(H,32,34)(H,28,29,30). The van der Waals surface area contributed by atoms with E-state index in [0.717, 1.165) is 54.5 Å². The minimum atomic E-state index is -0.295. The number of halogens is 1. The van der Waals surface area contributed by atoms with Gasteiger partial charge in [-0.1, -0.05) is 11.6 Å². The highest BCUT2D eigenvalue weighted by molar-refractivity contribution is 6.33. The Hall–Kier alpha value is -3.04. The molecule has 1 aliphatic heterocycles. The zero-order valence-electron chi connectivity index (χ0n) is 19.7. The number of aromatic nitrogens is 4. The number of ether oxygens (including phenoxy) is 1. The number of amides is 1. The van der Waals surface area contributed by atoms with Crippen molar-refractivity contribution in [2.24, 2.45) is 5.92 Å². The second-order valence-corrected chi connectivity index (χ2v) is 9.78. The molecular formula is C25H30ClN7O2. The molecule has 3 N–H and O–H groups in total. The quantitative estimate of drug-likeness (QED) is 0.404. The molecule has 3 aromatic heterocycles. The van der Waals surface area contributed by atoms with Gasteiger partial charge in [0.15, 0.2) is 5.15 Å². The Morgan fingerprint density at radius 3 is 2.57 bits per heavy atom. The van der Waals surface area contributed by atoms with Crippen molar-refractivity contribution in [1.82, 2.24) is 25.3 Å². The van der Waals surface area contributed by atoms with Crippen LogP contribution in [0.5, 0.6) is 0 Å². The first kappa shape index (κ1) is 23.7. The molecule has 2 aliphatic rings. The van der Waals surface area contributed by atoms with Crippen molar-refractivity contribution in [2.75, 3.05) is 30.4 Å². The van der Waals surface area contributed by atoms with E-state index >= 15 is 0 Å². The average Bonchev–Trinajstić information content (AvgIpc) is 2.86. The Morgan fingerprint density at radius 2 is 1.86 bits per heavy atom. The van der Waals surface area contributed by atoms with Crippen molar-refractivity contribution in [2.45, 2.75) is 50.6 Å². The Morgan fingerprint density at radius 1 is 1.09 bits per heavy atom. The average molecular weight is 496 g/mol. The fourth-order valence-corrected chi connectivity index (χ4v) is 4.71. The minimum absolute atomic E-state index is 0.0216. The number of hydrogen-bond acceptors (Lipinski definition) is 8. The molecule has 1 saturated carbocycles. The van der Waals surface area contributed by atoms with Crippen LogP contribution in [0, 0.1) is 5.92 Å². The molecule has 0 radical (unpaired) electrons. The van der Waals surface area contributed by atoms with Crippen molar-refractivity contribution in [1.29, 1.82) is 0 Å². The SMILES string of the molecule is CC(C(=O)NC1COC1)c1cnc(NCC2CCC(Nc3ccc4ccnc(Cl)c4n3)CC2)nc1. The molecule has 0 spiro atoms. The summed E-state index contributed by atoms with van der Waals surface area (Å²) in [7, 11) is 0. The number of anilines is 2. The molecule has 1 saturated heterocycles. The number of nitrogens with zero attached hydrogens (tertiary/aromatic N) is 4. The van der Waals surface area contributed by atoms with Crippen LogP contribution in [0.2, 0.25) is 5.15 Å². The van der Waals surface area contributed by atoms with Crippen LogP contribution < -0.4 is 16.0 Å². The van der Waals surface area contributed by atoms with E-state index in [4.69, 9.17) is 16.3 Å². The van der Waals surface area contributed by atoms with Crippen molar-refractivity contribution in [3.05, 3.63) is 47.5 Å². The smallest absolute Gasteiger partial charge is 0.227 e. The van der Waals surface area contributed by atoms with Gasteiger partial charge in [0, 0.05) is 42.1 Å². The van der Waals surface area contributed by atoms with E-state index in [1.807, 2.05) is 25.1 Å². The summed E-state index contributed by atoms with van der Waals surface area (Å²) < 4.78 is 5.10. The first-order chi connectivity index (χ1) is 17.0. The first-order valence-corrected chi connectivity index (χ1v) is 12.5. The van der Waals surface area contributed by atoms with Crippen molar-refractivity contribution in [3.63, 3.8) is 0 Å². The Labute approximate surface area is 209 Å². The van der Waals surface area contributed by atoms with E-state index in [2.05, 4.69) is 35.9 Å². The van der Waals surface area contributed by atoms with Gasteiger partial charge in [0.1, 0.15) is 11.3 Å². The molecule has 35 heavy (non-hydrogen) atoms. The summed E-state index contributed by atoms with van der Waals surface area (Å²) in [6.45, 7) is 3.87. The van der Waals surface area contributed by atoms with Crippen LogP contribution in [-0.4, -0.2) is 57.7 Å². The fraction of sp³-hybridized carbons (Fsp3) is 0.480. The van der Waals surface area contributed by atoms with E-state index in [9.17, 15) is 4.79 Å². The van der Waals surface area contributed by atoms with Gasteiger partial charge < -0.3 is 20.7 Å². The highest BCUT2D eigenvalue weighted by atomic mass is 35.5. The molecule has 0 bridgehead atoms. The topological polar surface area (TPSA) is 114 Å².